The van der Waals surface area contributed by atoms with Gasteiger partial charge in [0.25, 0.3) is 6.43 Å². The number of anilines is 1. The number of nitrogens with zero attached hydrogens (tertiary/aromatic N) is 1. The van der Waals surface area contributed by atoms with Gasteiger partial charge in [-0.25, -0.2) is 8.78 Å². The number of benzene rings is 1. The fourth-order valence-electron chi connectivity index (χ4n) is 1.89. The lowest BCUT2D eigenvalue weighted by molar-refractivity contribution is 0.156. The van der Waals surface area contributed by atoms with Crippen LogP contribution in [0.4, 0.5) is 14.5 Å². The number of halogens is 2. The number of aryl methyl sites for hydroxylation is 1. The molecule has 0 bridgehead atoms. The number of nitrogens with one attached hydrogen (secondary N) is 1. The topological polar surface area (TPSA) is 15.3 Å². The lowest BCUT2D eigenvalue weighted by Gasteiger charge is -2.26. The molecule has 19 heavy (non-hydrogen) atoms. The van der Waals surface area contributed by atoms with Crippen molar-refractivity contribution in [1.29, 1.82) is 0 Å². The Morgan fingerprint density at radius 2 is 1.89 bits per heavy atom. The van der Waals surface area contributed by atoms with Gasteiger partial charge in [0.15, 0.2) is 0 Å². The summed E-state index contributed by atoms with van der Waals surface area (Å²) < 4.78 is 25.0. The molecule has 0 atom stereocenters. The molecule has 1 rings (SSSR count). The lowest BCUT2D eigenvalue weighted by Crippen LogP contribution is -2.35. The molecule has 2 nitrogen and oxygen atoms in total. The van der Waals surface area contributed by atoms with Gasteiger partial charge >= 0.3 is 0 Å². The van der Waals surface area contributed by atoms with E-state index in [0.29, 0.717) is 6.54 Å². The third-order valence-electron chi connectivity index (χ3n) is 2.87. The van der Waals surface area contributed by atoms with Crippen LogP contribution in [0.3, 0.4) is 0 Å². The maximum Gasteiger partial charge on any atom is 0.255 e. The fourth-order valence-corrected chi connectivity index (χ4v) is 1.89. The normalized spacial score (nSPS) is 12.0. The summed E-state index contributed by atoms with van der Waals surface area (Å²) in [5, 5.41) is 3.40. The number of hydrogen-bond donors (Lipinski definition) is 1. The van der Waals surface area contributed by atoms with Gasteiger partial charge in [-0.2, -0.15) is 0 Å². The molecule has 0 radical (unpaired) electrons. The molecule has 0 heterocycles. The van der Waals surface area contributed by atoms with E-state index in [1.165, 1.54) is 0 Å². The van der Waals surface area contributed by atoms with E-state index in [1.54, 1.807) is 11.9 Å². The van der Waals surface area contributed by atoms with Crippen LogP contribution in [0.1, 0.15) is 31.9 Å². The number of hydrogen-bond acceptors (Lipinski definition) is 2. The van der Waals surface area contributed by atoms with Crippen molar-refractivity contribution in [3.05, 3.63) is 29.3 Å². The molecular formula is C15H24F2N2. The summed E-state index contributed by atoms with van der Waals surface area (Å²) >= 11 is 0. The van der Waals surface area contributed by atoms with E-state index < -0.39 is 6.43 Å². The average molecular weight is 270 g/mol. The number of alkyl halides is 2. The van der Waals surface area contributed by atoms with Gasteiger partial charge < -0.3 is 10.2 Å². The minimum Gasteiger partial charge on any atom is -0.369 e. The second-order valence-electron chi connectivity index (χ2n) is 6.01. The third kappa shape index (κ3) is 5.55. The highest BCUT2D eigenvalue weighted by molar-refractivity contribution is 5.54. The van der Waals surface area contributed by atoms with E-state index in [0.717, 1.165) is 16.8 Å². The highest BCUT2D eigenvalue weighted by Crippen LogP contribution is 2.22. The largest absolute Gasteiger partial charge is 0.369 e. The minimum atomic E-state index is -2.32. The van der Waals surface area contributed by atoms with Crippen LogP contribution >= 0.6 is 0 Å². The Morgan fingerprint density at radius 3 is 2.42 bits per heavy atom. The van der Waals surface area contributed by atoms with Gasteiger partial charge in [0.05, 0.1) is 6.54 Å². The Balaban J connectivity index is 2.91. The highest BCUT2D eigenvalue weighted by atomic mass is 19.3. The van der Waals surface area contributed by atoms with Crippen LogP contribution in [0.2, 0.25) is 0 Å². The Bertz CT molecular complexity index is 411. The first-order valence-corrected chi connectivity index (χ1v) is 6.53. The van der Waals surface area contributed by atoms with Crippen LogP contribution in [0, 0.1) is 6.92 Å². The monoisotopic (exact) mass is 270 g/mol. The second-order valence-corrected chi connectivity index (χ2v) is 6.01. The molecule has 0 aromatic heterocycles. The molecule has 0 fully saturated rings. The first-order chi connectivity index (χ1) is 8.69. The van der Waals surface area contributed by atoms with E-state index >= 15 is 0 Å². The zero-order valence-corrected chi connectivity index (χ0v) is 12.4. The quantitative estimate of drug-likeness (QED) is 0.879. The van der Waals surface area contributed by atoms with E-state index in [4.69, 9.17) is 0 Å². The minimum absolute atomic E-state index is 0.00228. The lowest BCUT2D eigenvalue weighted by atomic mass is 10.1. The van der Waals surface area contributed by atoms with Crippen molar-refractivity contribution in [3.8, 4) is 0 Å². The van der Waals surface area contributed by atoms with Crippen molar-refractivity contribution >= 4 is 5.69 Å². The van der Waals surface area contributed by atoms with E-state index in [9.17, 15) is 8.78 Å². The average Bonchev–Trinajstić information content (AvgIpc) is 2.24. The van der Waals surface area contributed by atoms with Crippen molar-refractivity contribution < 1.29 is 8.78 Å². The predicted molar refractivity (Wildman–Crippen MR) is 77.0 cm³/mol. The maximum absolute atomic E-state index is 12.5. The molecule has 0 saturated heterocycles. The highest BCUT2D eigenvalue weighted by Gasteiger charge is 2.14. The first-order valence-electron chi connectivity index (χ1n) is 6.53. The molecule has 1 aromatic rings. The summed E-state index contributed by atoms with van der Waals surface area (Å²) in [5.41, 5.74) is 3.06. The zero-order valence-electron chi connectivity index (χ0n) is 12.4. The Morgan fingerprint density at radius 1 is 1.26 bits per heavy atom. The maximum atomic E-state index is 12.5. The fraction of sp³-hybridized carbons (Fsp3) is 0.600. The van der Waals surface area contributed by atoms with Crippen LogP contribution in [-0.2, 0) is 6.54 Å². The second kappa shape index (κ2) is 6.33. The summed E-state index contributed by atoms with van der Waals surface area (Å²) in [6.07, 6.45) is -2.32. The molecule has 0 amide bonds. The molecule has 0 aliphatic heterocycles. The van der Waals surface area contributed by atoms with Gasteiger partial charge in [0.1, 0.15) is 0 Å². The summed E-state index contributed by atoms with van der Waals surface area (Å²) in [6, 6.07) is 5.92. The van der Waals surface area contributed by atoms with Crippen LogP contribution in [-0.4, -0.2) is 25.6 Å². The van der Waals surface area contributed by atoms with Crippen LogP contribution in [0.5, 0.6) is 0 Å². The Labute approximate surface area is 114 Å². The zero-order chi connectivity index (χ0) is 14.6. The molecular weight excluding hydrogens is 246 g/mol. The van der Waals surface area contributed by atoms with Gasteiger partial charge in [-0.1, -0.05) is 17.7 Å². The molecule has 108 valence electrons. The summed E-state index contributed by atoms with van der Waals surface area (Å²) in [7, 11) is 1.71. The van der Waals surface area contributed by atoms with Crippen molar-refractivity contribution in [1.82, 2.24) is 5.32 Å². The van der Waals surface area contributed by atoms with Gasteiger partial charge in [-0.05, 0) is 39.3 Å². The van der Waals surface area contributed by atoms with Gasteiger partial charge in [-0.3, -0.25) is 0 Å². The summed E-state index contributed by atoms with van der Waals surface area (Å²) in [5.74, 6) is 0. The third-order valence-corrected chi connectivity index (χ3v) is 2.87. The molecule has 0 saturated carbocycles. The molecule has 4 heteroatoms. The summed E-state index contributed by atoms with van der Waals surface area (Å²) in [4.78, 5) is 1.61. The van der Waals surface area contributed by atoms with Crippen molar-refractivity contribution in [3.63, 3.8) is 0 Å². The smallest absolute Gasteiger partial charge is 0.255 e. The first kappa shape index (κ1) is 15.9. The molecule has 0 aliphatic carbocycles. The van der Waals surface area contributed by atoms with Crippen LogP contribution in [0.15, 0.2) is 18.2 Å². The molecule has 1 aromatic carbocycles. The van der Waals surface area contributed by atoms with E-state index in [1.807, 2.05) is 19.1 Å². The van der Waals surface area contributed by atoms with Gasteiger partial charge in [0.2, 0.25) is 0 Å². The summed E-state index contributed by atoms with van der Waals surface area (Å²) in [6.45, 7) is 8.71. The van der Waals surface area contributed by atoms with E-state index in [-0.39, 0.29) is 12.1 Å². The van der Waals surface area contributed by atoms with Crippen LogP contribution in [0.25, 0.3) is 0 Å². The number of rotatable bonds is 5. The predicted octanol–water partition coefficient (Wildman–Crippen LogP) is 3.58. The molecule has 0 spiro atoms. The van der Waals surface area contributed by atoms with Crippen LogP contribution < -0.4 is 10.2 Å². The van der Waals surface area contributed by atoms with Gasteiger partial charge in [0, 0.05) is 24.8 Å². The standard InChI is InChI=1S/C15H24F2N2/c1-11-6-7-13(19(5)10-14(16)17)12(8-11)9-18-15(2,3)4/h6-8,14,18H,9-10H2,1-5H3. The van der Waals surface area contributed by atoms with Crippen molar-refractivity contribution in [2.45, 2.75) is 46.2 Å². The Hall–Kier alpha value is -1.16. The van der Waals surface area contributed by atoms with Crippen molar-refractivity contribution in [2.24, 2.45) is 0 Å². The SMILES string of the molecule is Cc1ccc(N(C)CC(F)F)c(CNC(C)(C)C)c1. The Kier molecular flexibility index (Phi) is 5.29. The van der Waals surface area contributed by atoms with Gasteiger partial charge in [-0.15, -0.1) is 0 Å². The molecule has 0 unspecified atom stereocenters. The molecule has 0 aliphatic rings. The van der Waals surface area contributed by atoms with E-state index in [2.05, 4.69) is 32.2 Å². The van der Waals surface area contributed by atoms with Crippen molar-refractivity contribution in [2.75, 3.05) is 18.5 Å². The molecule has 1 N–H and O–H groups in total.